The quantitative estimate of drug-likeness (QED) is 0.939. The summed E-state index contributed by atoms with van der Waals surface area (Å²) in [5.74, 6) is 0.648. The van der Waals surface area contributed by atoms with Crippen LogP contribution in [0, 0.1) is 0 Å². The van der Waals surface area contributed by atoms with Crippen LogP contribution in [0.15, 0.2) is 36.7 Å². The summed E-state index contributed by atoms with van der Waals surface area (Å²) in [5.41, 5.74) is 1.70. The van der Waals surface area contributed by atoms with Gasteiger partial charge in [-0.15, -0.1) is 0 Å². The number of halogens is 1. The Hall–Kier alpha value is -2.14. The van der Waals surface area contributed by atoms with E-state index in [1.165, 1.54) is 6.20 Å². The molecular weight excluding hydrogens is 276 g/mol. The first-order valence-electron chi connectivity index (χ1n) is 6.21. The number of amides is 1. The largest absolute Gasteiger partial charge is 0.339 e. The van der Waals surface area contributed by atoms with Gasteiger partial charge in [0.05, 0.1) is 12.4 Å². The lowest BCUT2D eigenvalue weighted by Crippen LogP contribution is -2.24. The topological polar surface area (TPSA) is 58.1 Å². The third kappa shape index (κ3) is 3.45. The van der Waals surface area contributed by atoms with E-state index in [4.69, 9.17) is 11.6 Å². The van der Waals surface area contributed by atoms with Crippen molar-refractivity contribution in [1.82, 2.24) is 9.97 Å². The Labute approximate surface area is 122 Å². The molecule has 1 heterocycles. The highest BCUT2D eigenvalue weighted by molar-refractivity contribution is 6.29. The van der Waals surface area contributed by atoms with Crippen LogP contribution in [0.3, 0.4) is 0 Å². The van der Waals surface area contributed by atoms with Crippen molar-refractivity contribution in [3.8, 4) is 0 Å². The highest BCUT2D eigenvalue weighted by Gasteiger charge is 2.08. The maximum atomic E-state index is 11.6. The number of carbonyl (C=O) groups excluding carboxylic acids is 1. The summed E-state index contributed by atoms with van der Waals surface area (Å²) in [6, 6.07) is 7.48. The summed E-state index contributed by atoms with van der Waals surface area (Å²) in [7, 11) is 1.76. The van der Waals surface area contributed by atoms with Crippen molar-refractivity contribution in [2.45, 2.75) is 13.3 Å². The van der Waals surface area contributed by atoms with Gasteiger partial charge in [0.1, 0.15) is 5.15 Å². The van der Waals surface area contributed by atoms with Gasteiger partial charge in [-0.2, -0.15) is 0 Å². The molecule has 0 aliphatic rings. The summed E-state index contributed by atoms with van der Waals surface area (Å²) in [6.07, 6.45) is 3.54. The van der Waals surface area contributed by atoms with E-state index in [0.29, 0.717) is 17.4 Å². The molecule has 5 nitrogen and oxygen atoms in total. The highest BCUT2D eigenvalue weighted by atomic mass is 35.5. The van der Waals surface area contributed by atoms with E-state index in [1.54, 1.807) is 18.1 Å². The molecule has 1 aromatic carbocycles. The van der Waals surface area contributed by atoms with E-state index >= 15 is 0 Å². The molecule has 2 aromatic rings. The Balaban J connectivity index is 2.10. The fourth-order valence-corrected chi connectivity index (χ4v) is 1.85. The Kier molecular flexibility index (Phi) is 4.53. The number of aromatic nitrogens is 2. The van der Waals surface area contributed by atoms with Crippen LogP contribution in [-0.4, -0.2) is 22.9 Å². The summed E-state index contributed by atoms with van der Waals surface area (Å²) in [6.45, 7) is 1.84. The monoisotopic (exact) mass is 290 g/mol. The van der Waals surface area contributed by atoms with Crippen molar-refractivity contribution >= 4 is 34.7 Å². The molecule has 6 heteroatoms. The zero-order valence-electron chi connectivity index (χ0n) is 11.3. The molecule has 1 N–H and O–H groups in total. The van der Waals surface area contributed by atoms with E-state index in [-0.39, 0.29) is 5.91 Å². The zero-order chi connectivity index (χ0) is 14.5. The van der Waals surface area contributed by atoms with Crippen LogP contribution in [-0.2, 0) is 4.79 Å². The van der Waals surface area contributed by atoms with Crippen LogP contribution in [0.5, 0.6) is 0 Å². The Morgan fingerprint density at radius 3 is 2.60 bits per heavy atom. The standard InChI is InChI=1S/C14H15ClN4O/c1-3-14(20)19(2)11-6-4-10(5-7-11)17-13-9-16-8-12(15)18-13/h4-9H,3H2,1-2H3,(H,17,18). The van der Waals surface area contributed by atoms with Crippen LogP contribution in [0.1, 0.15) is 13.3 Å². The summed E-state index contributed by atoms with van der Waals surface area (Å²) in [4.78, 5) is 21.3. The fourth-order valence-electron chi connectivity index (χ4n) is 1.70. The maximum Gasteiger partial charge on any atom is 0.226 e. The zero-order valence-corrected chi connectivity index (χ0v) is 12.1. The van der Waals surface area contributed by atoms with Gasteiger partial charge in [-0.1, -0.05) is 18.5 Å². The van der Waals surface area contributed by atoms with Gasteiger partial charge < -0.3 is 10.2 Å². The normalized spacial score (nSPS) is 10.2. The van der Waals surface area contributed by atoms with Crippen LogP contribution in [0.4, 0.5) is 17.2 Å². The van der Waals surface area contributed by atoms with Crippen molar-refractivity contribution in [1.29, 1.82) is 0 Å². The number of rotatable bonds is 4. The average molecular weight is 291 g/mol. The first-order chi connectivity index (χ1) is 9.60. The molecule has 0 unspecified atom stereocenters. The molecular formula is C14H15ClN4O. The first-order valence-corrected chi connectivity index (χ1v) is 6.59. The Bertz CT molecular complexity index is 600. The molecule has 0 saturated carbocycles. The number of carbonyl (C=O) groups is 1. The molecule has 0 saturated heterocycles. The molecule has 0 aliphatic carbocycles. The molecule has 0 radical (unpaired) electrons. The minimum atomic E-state index is 0.0754. The predicted molar refractivity (Wildman–Crippen MR) is 80.5 cm³/mol. The third-order valence-corrected chi connectivity index (χ3v) is 2.99. The van der Waals surface area contributed by atoms with Crippen LogP contribution in [0.25, 0.3) is 0 Å². The molecule has 1 aromatic heterocycles. The van der Waals surface area contributed by atoms with Gasteiger partial charge in [-0.25, -0.2) is 4.98 Å². The highest BCUT2D eigenvalue weighted by Crippen LogP contribution is 2.20. The molecule has 0 aliphatic heterocycles. The molecule has 2 rings (SSSR count). The molecule has 104 valence electrons. The number of nitrogens with zero attached hydrogens (tertiary/aromatic N) is 3. The van der Waals surface area contributed by atoms with E-state index in [2.05, 4.69) is 15.3 Å². The minimum Gasteiger partial charge on any atom is -0.339 e. The second kappa shape index (κ2) is 6.34. The van der Waals surface area contributed by atoms with Gasteiger partial charge in [0, 0.05) is 24.8 Å². The molecule has 0 spiro atoms. The van der Waals surface area contributed by atoms with Crippen LogP contribution < -0.4 is 10.2 Å². The van der Waals surface area contributed by atoms with Crippen molar-refractivity contribution in [3.05, 3.63) is 41.8 Å². The van der Waals surface area contributed by atoms with Gasteiger partial charge in [0.25, 0.3) is 0 Å². The predicted octanol–water partition coefficient (Wildman–Crippen LogP) is 3.25. The third-order valence-electron chi connectivity index (χ3n) is 2.81. The molecule has 1 amide bonds. The Morgan fingerprint density at radius 1 is 1.30 bits per heavy atom. The summed E-state index contributed by atoms with van der Waals surface area (Å²) < 4.78 is 0. The number of nitrogens with one attached hydrogen (secondary N) is 1. The van der Waals surface area contributed by atoms with Crippen molar-refractivity contribution in [2.24, 2.45) is 0 Å². The maximum absolute atomic E-state index is 11.6. The summed E-state index contributed by atoms with van der Waals surface area (Å²) >= 11 is 5.77. The Morgan fingerprint density at radius 2 is 2.00 bits per heavy atom. The average Bonchev–Trinajstić information content (AvgIpc) is 2.46. The second-order valence-corrected chi connectivity index (χ2v) is 4.59. The first kappa shape index (κ1) is 14.3. The van der Waals surface area contributed by atoms with Gasteiger partial charge in [-0.3, -0.25) is 9.78 Å². The molecule has 20 heavy (non-hydrogen) atoms. The van der Waals surface area contributed by atoms with Gasteiger partial charge in [0.15, 0.2) is 5.82 Å². The number of benzene rings is 1. The van der Waals surface area contributed by atoms with Crippen LogP contribution >= 0.6 is 11.6 Å². The van der Waals surface area contributed by atoms with Crippen LogP contribution in [0.2, 0.25) is 5.15 Å². The molecule has 0 fully saturated rings. The molecule has 0 atom stereocenters. The number of hydrogen-bond acceptors (Lipinski definition) is 4. The van der Waals surface area contributed by atoms with Crippen molar-refractivity contribution < 1.29 is 4.79 Å². The lowest BCUT2D eigenvalue weighted by Gasteiger charge is -2.16. The second-order valence-electron chi connectivity index (χ2n) is 4.21. The number of hydrogen-bond donors (Lipinski definition) is 1. The minimum absolute atomic E-state index is 0.0754. The van der Waals surface area contributed by atoms with Gasteiger partial charge >= 0.3 is 0 Å². The lowest BCUT2D eigenvalue weighted by atomic mass is 10.2. The fraction of sp³-hybridized carbons (Fsp3) is 0.214. The van der Waals surface area contributed by atoms with E-state index in [0.717, 1.165) is 11.4 Å². The lowest BCUT2D eigenvalue weighted by molar-refractivity contribution is -0.118. The SMILES string of the molecule is CCC(=O)N(C)c1ccc(Nc2cncc(Cl)n2)cc1. The van der Waals surface area contributed by atoms with E-state index in [9.17, 15) is 4.79 Å². The van der Waals surface area contributed by atoms with Gasteiger partial charge in [-0.05, 0) is 24.3 Å². The van der Waals surface area contributed by atoms with Crippen molar-refractivity contribution in [2.75, 3.05) is 17.3 Å². The van der Waals surface area contributed by atoms with E-state index in [1.807, 2.05) is 31.2 Å². The molecule has 0 bridgehead atoms. The van der Waals surface area contributed by atoms with Crippen molar-refractivity contribution in [3.63, 3.8) is 0 Å². The summed E-state index contributed by atoms with van der Waals surface area (Å²) in [5, 5.41) is 3.43. The van der Waals surface area contributed by atoms with E-state index < -0.39 is 0 Å². The smallest absolute Gasteiger partial charge is 0.226 e. The number of anilines is 3. The van der Waals surface area contributed by atoms with Gasteiger partial charge in [0.2, 0.25) is 5.91 Å².